The van der Waals surface area contributed by atoms with Crippen LogP contribution in [-0.4, -0.2) is 11.7 Å². The molecule has 1 aromatic carbocycles. The van der Waals surface area contributed by atoms with Gasteiger partial charge in [-0.1, -0.05) is 31.4 Å². The van der Waals surface area contributed by atoms with Crippen molar-refractivity contribution in [2.45, 2.75) is 64.4 Å². The first-order chi connectivity index (χ1) is 9.44. The van der Waals surface area contributed by atoms with Crippen molar-refractivity contribution in [3.05, 3.63) is 29.8 Å². The summed E-state index contributed by atoms with van der Waals surface area (Å²) in [5.41, 5.74) is 1.69. The van der Waals surface area contributed by atoms with Gasteiger partial charge in [-0.15, -0.1) is 0 Å². The minimum Gasteiger partial charge on any atom is -0.444 e. The molecule has 0 bridgehead atoms. The lowest BCUT2D eigenvalue weighted by atomic mass is 9.84. The summed E-state index contributed by atoms with van der Waals surface area (Å²) in [6.07, 6.45) is 6.11. The van der Waals surface area contributed by atoms with Crippen molar-refractivity contribution in [3.8, 4) is 0 Å². The zero-order chi connectivity index (χ0) is 14.6. The van der Waals surface area contributed by atoms with E-state index in [0.29, 0.717) is 5.92 Å². The minimum atomic E-state index is -0.467. The van der Waals surface area contributed by atoms with Crippen LogP contribution in [0.25, 0.3) is 0 Å². The zero-order valence-electron chi connectivity index (χ0n) is 12.7. The maximum Gasteiger partial charge on any atom is 0.412 e. The lowest BCUT2D eigenvalue weighted by Crippen LogP contribution is -2.27. The monoisotopic (exact) mass is 275 g/mol. The summed E-state index contributed by atoms with van der Waals surface area (Å²) in [5.74, 6) is 0.643. The van der Waals surface area contributed by atoms with Gasteiger partial charge < -0.3 is 4.74 Å². The highest BCUT2D eigenvalue weighted by molar-refractivity contribution is 5.84. The van der Waals surface area contributed by atoms with Crippen LogP contribution in [0.3, 0.4) is 0 Å². The van der Waals surface area contributed by atoms with Gasteiger partial charge in [0.05, 0.1) is 0 Å². The number of benzene rings is 1. The average Bonchev–Trinajstić information content (AvgIpc) is 2.38. The molecular formula is C17H25NO2. The molecule has 1 aliphatic carbocycles. The fourth-order valence-corrected chi connectivity index (χ4v) is 2.73. The first-order valence-electron chi connectivity index (χ1n) is 7.54. The predicted molar refractivity (Wildman–Crippen MR) is 82.1 cm³/mol. The molecule has 0 spiro atoms. The van der Waals surface area contributed by atoms with E-state index in [0.717, 1.165) is 5.69 Å². The van der Waals surface area contributed by atoms with Crippen molar-refractivity contribution in [1.29, 1.82) is 0 Å². The van der Waals surface area contributed by atoms with Crippen LogP contribution in [0.15, 0.2) is 24.3 Å². The van der Waals surface area contributed by atoms with Crippen molar-refractivity contribution in [2.75, 3.05) is 5.32 Å². The Morgan fingerprint density at radius 1 is 1.20 bits per heavy atom. The Morgan fingerprint density at radius 3 is 2.55 bits per heavy atom. The molecule has 0 aromatic heterocycles. The second kappa shape index (κ2) is 6.29. The SMILES string of the molecule is CC(C)(C)OC(=O)Nc1cccc(C2CCCCC2)c1. The van der Waals surface area contributed by atoms with Gasteiger partial charge in [-0.25, -0.2) is 4.79 Å². The number of hydrogen-bond donors (Lipinski definition) is 1. The van der Waals surface area contributed by atoms with Crippen LogP contribution in [0.1, 0.15) is 64.4 Å². The maximum atomic E-state index is 11.8. The fourth-order valence-electron chi connectivity index (χ4n) is 2.73. The molecule has 2 rings (SSSR count). The second-order valence-electron chi connectivity index (χ2n) is 6.59. The van der Waals surface area contributed by atoms with Crippen molar-refractivity contribution in [1.82, 2.24) is 0 Å². The number of rotatable bonds is 2. The Bertz CT molecular complexity index is 456. The predicted octanol–water partition coefficient (Wildman–Crippen LogP) is 5.08. The van der Waals surface area contributed by atoms with Crippen molar-refractivity contribution in [2.24, 2.45) is 0 Å². The number of amides is 1. The zero-order valence-corrected chi connectivity index (χ0v) is 12.7. The largest absolute Gasteiger partial charge is 0.444 e. The van der Waals surface area contributed by atoms with Gasteiger partial charge in [-0.05, 0) is 57.2 Å². The molecule has 3 heteroatoms. The summed E-state index contributed by atoms with van der Waals surface area (Å²) in [7, 11) is 0. The fraction of sp³-hybridized carbons (Fsp3) is 0.588. The molecule has 1 amide bonds. The molecule has 0 saturated heterocycles. The smallest absolute Gasteiger partial charge is 0.412 e. The summed E-state index contributed by atoms with van der Waals surface area (Å²) < 4.78 is 5.28. The summed E-state index contributed by atoms with van der Waals surface area (Å²) in [5, 5.41) is 2.82. The number of carbonyl (C=O) groups is 1. The molecule has 0 heterocycles. The number of ether oxygens (including phenoxy) is 1. The van der Waals surface area contributed by atoms with E-state index < -0.39 is 11.7 Å². The molecule has 3 nitrogen and oxygen atoms in total. The molecular weight excluding hydrogens is 250 g/mol. The van der Waals surface area contributed by atoms with Crippen LogP contribution in [0.5, 0.6) is 0 Å². The quantitative estimate of drug-likeness (QED) is 0.817. The van der Waals surface area contributed by atoms with Gasteiger partial charge in [-0.2, -0.15) is 0 Å². The van der Waals surface area contributed by atoms with Gasteiger partial charge in [0.2, 0.25) is 0 Å². The molecule has 1 aliphatic rings. The molecule has 110 valence electrons. The van der Waals surface area contributed by atoms with Gasteiger partial charge >= 0.3 is 6.09 Å². The van der Waals surface area contributed by atoms with E-state index in [-0.39, 0.29) is 0 Å². The van der Waals surface area contributed by atoms with Gasteiger partial charge in [-0.3, -0.25) is 5.32 Å². The third-order valence-electron chi connectivity index (χ3n) is 3.61. The third kappa shape index (κ3) is 4.55. The van der Waals surface area contributed by atoms with E-state index in [4.69, 9.17) is 4.74 Å². The molecule has 1 saturated carbocycles. The number of hydrogen-bond acceptors (Lipinski definition) is 2. The van der Waals surface area contributed by atoms with Crippen LogP contribution >= 0.6 is 0 Å². The third-order valence-corrected chi connectivity index (χ3v) is 3.61. The molecule has 1 N–H and O–H groups in total. The topological polar surface area (TPSA) is 38.3 Å². The van der Waals surface area contributed by atoms with Gasteiger partial charge in [0.25, 0.3) is 0 Å². The molecule has 0 radical (unpaired) electrons. The number of anilines is 1. The second-order valence-corrected chi connectivity index (χ2v) is 6.59. The minimum absolute atomic E-state index is 0.390. The number of carbonyl (C=O) groups excluding carboxylic acids is 1. The highest BCUT2D eigenvalue weighted by Gasteiger charge is 2.18. The Labute approximate surface area is 121 Å². The Kier molecular flexibility index (Phi) is 4.69. The Morgan fingerprint density at radius 2 is 1.90 bits per heavy atom. The molecule has 1 aromatic rings. The summed E-state index contributed by atoms with van der Waals surface area (Å²) in [6.45, 7) is 5.60. The van der Waals surface area contributed by atoms with Crippen molar-refractivity contribution < 1.29 is 9.53 Å². The first-order valence-corrected chi connectivity index (χ1v) is 7.54. The lowest BCUT2D eigenvalue weighted by Gasteiger charge is -2.23. The van der Waals surface area contributed by atoms with Crippen LogP contribution < -0.4 is 5.32 Å². The highest BCUT2D eigenvalue weighted by Crippen LogP contribution is 2.33. The van der Waals surface area contributed by atoms with Gasteiger partial charge in [0, 0.05) is 5.69 Å². The van der Waals surface area contributed by atoms with Crippen LogP contribution in [-0.2, 0) is 4.74 Å². The van der Waals surface area contributed by atoms with Crippen LogP contribution in [0.2, 0.25) is 0 Å². The van der Waals surface area contributed by atoms with Gasteiger partial charge in [0.1, 0.15) is 5.60 Å². The van der Waals surface area contributed by atoms with Crippen molar-refractivity contribution in [3.63, 3.8) is 0 Å². The maximum absolute atomic E-state index is 11.8. The van der Waals surface area contributed by atoms with Crippen molar-refractivity contribution >= 4 is 11.8 Å². The van der Waals surface area contributed by atoms with E-state index in [1.165, 1.54) is 37.7 Å². The van der Waals surface area contributed by atoms with E-state index in [1.54, 1.807) is 0 Å². The first kappa shape index (κ1) is 14.9. The highest BCUT2D eigenvalue weighted by atomic mass is 16.6. The Balaban J connectivity index is 2.00. The summed E-state index contributed by atoms with van der Waals surface area (Å²) in [4.78, 5) is 11.8. The van der Waals surface area contributed by atoms with Crippen LogP contribution in [0, 0.1) is 0 Å². The van der Waals surface area contributed by atoms with E-state index in [2.05, 4.69) is 17.4 Å². The summed E-state index contributed by atoms with van der Waals surface area (Å²) >= 11 is 0. The molecule has 20 heavy (non-hydrogen) atoms. The Hall–Kier alpha value is -1.51. The average molecular weight is 275 g/mol. The van der Waals surface area contributed by atoms with E-state index >= 15 is 0 Å². The van der Waals surface area contributed by atoms with Crippen LogP contribution in [0.4, 0.5) is 10.5 Å². The molecule has 0 unspecified atom stereocenters. The lowest BCUT2D eigenvalue weighted by molar-refractivity contribution is 0.0636. The summed E-state index contributed by atoms with van der Waals surface area (Å²) in [6, 6.07) is 8.17. The number of nitrogens with one attached hydrogen (secondary N) is 1. The molecule has 0 aliphatic heterocycles. The van der Waals surface area contributed by atoms with E-state index in [9.17, 15) is 4.79 Å². The van der Waals surface area contributed by atoms with E-state index in [1.807, 2.05) is 32.9 Å². The standard InChI is InChI=1S/C17H25NO2/c1-17(2,3)20-16(19)18-15-11-7-10-14(12-15)13-8-5-4-6-9-13/h7,10-13H,4-6,8-9H2,1-3H3,(H,18,19). The molecule has 0 atom stereocenters. The molecule has 1 fully saturated rings. The normalized spacial score (nSPS) is 16.8. The van der Waals surface area contributed by atoms with Gasteiger partial charge in [0.15, 0.2) is 0 Å².